The molecule has 0 aromatic carbocycles. The molecule has 1 unspecified atom stereocenters. The molecule has 1 amide bonds. The van der Waals surface area contributed by atoms with Crippen molar-refractivity contribution in [2.24, 2.45) is 0 Å². The van der Waals surface area contributed by atoms with Gasteiger partial charge in [-0.25, -0.2) is 4.79 Å². The number of aliphatic carboxylic acids is 1. The van der Waals surface area contributed by atoms with Gasteiger partial charge in [-0.15, -0.1) is 11.3 Å². The Labute approximate surface area is 133 Å². The van der Waals surface area contributed by atoms with Gasteiger partial charge in [0, 0.05) is 12.6 Å². The van der Waals surface area contributed by atoms with Gasteiger partial charge in [-0.05, 0) is 30.8 Å². The highest BCUT2D eigenvalue weighted by atomic mass is 35.5. The lowest BCUT2D eigenvalue weighted by atomic mass is 10.2. The number of thiophene rings is 1. The molecule has 0 bridgehead atoms. The van der Waals surface area contributed by atoms with Gasteiger partial charge in [0.1, 0.15) is 4.88 Å². The van der Waals surface area contributed by atoms with E-state index in [9.17, 15) is 18.0 Å². The van der Waals surface area contributed by atoms with E-state index >= 15 is 0 Å². The molecule has 10 heteroatoms. The Morgan fingerprint density at radius 3 is 2.55 bits per heavy atom. The van der Waals surface area contributed by atoms with Crippen molar-refractivity contribution in [3.8, 4) is 0 Å². The average molecular weight is 359 g/mol. The van der Waals surface area contributed by atoms with E-state index in [-0.39, 0.29) is 5.91 Å². The van der Waals surface area contributed by atoms with Crippen LogP contribution >= 0.6 is 22.9 Å². The minimum Gasteiger partial charge on any atom is -0.475 e. The third kappa shape index (κ3) is 6.20. The van der Waals surface area contributed by atoms with Crippen LogP contribution in [0.1, 0.15) is 22.5 Å². The number of amides is 1. The highest BCUT2D eigenvalue weighted by Crippen LogP contribution is 2.21. The molecule has 1 saturated heterocycles. The Morgan fingerprint density at radius 1 is 1.50 bits per heavy atom. The van der Waals surface area contributed by atoms with Gasteiger partial charge >= 0.3 is 12.1 Å². The molecule has 1 aromatic heterocycles. The molecule has 2 rings (SSSR count). The molecule has 0 aliphatic carbocycles. The van der Waals surface area contributed by atoms with Crippen LogP contribution in [0, 0.1) is 0 Å². The second-order valence-corrected chi connectivity index (χ2v) is 5.73. The summed E-state index contributed by atoms with van der Waals surface area (Å²) in [5.74, 6) is -2.82. The summed E-state index contributed by atoms with van der Waals surface area (Å²) in [5.41, 5.74) is 0. The van der Waals surface area contributed by atoms with E-state index in [1.165, 1.54) is 17.8 Å². The zero-order valence-electron chi connectivity index (χ0n) is 11.2. The van der Waals surface area contributed by atoms with Crippen molar-refractivity contribution in [2.75, 3.05) is 13.1 Å². The van der Waals surface area contributed by atoms with Gasteiger partial charge < -0.3 is 15.7 Å². The summed E-state index contributed by atoms with van der Waals surface area (Å²) in [6.07, 6.45) is -2.75. The number of hydrogen-bond acceptors (Lipinski definition) is 4. The van der Waals surface area contributed by atoms with Gasteiger partial charge in [-0.1, -0.05) is 11.6 Å². The third-order valence-corrected chi connectivity index (χ3v) is 4.08. The number of rotatable bonds is 3. The first-order valence-electron chi connectivity index (χ1n) is 6.26. The van der Waals surface area contributed by atoms with E-state index in [1.54, 1.807) is 6.07 Å². The predicted octanol–water partition coefficient (Wildman–Crippen LogP) is 2.52. The van der Waals surface area contributed by atoms with Gasteiger partial charge in [0.2, 0.25) is 0 Å². The van der Waals surface area contributed by atoms with Crippen LogP contribution in [-0.2, 0) is 4.79 Å². The van der Waals surface area contributed by atoms with Gasteiger partial charge in [-0.3, -0.25) is 4.79 Å². The van der Waals surface area contributed by atoms with Gasteiger partial charge in [0.05, 0.1) is 5.02 Å². The Kier molecular flexibility index (Phi) is 7.11. The predicted molar refractivity (Wildman–Crippen MR) is 76.4 cm³/mol. The lowest BCUT2D eigenvalue weighted by Crippen LogP contribution is -2.36. The van der Waals surface area contributed by atoms with Crippen molar-refractivity contribution < 1.29 is 27.9 Å². The van der Waals surface area contributed by atoms with Crippen molar-refractivity contribution in [2.45, 2.75) is 25.1 Å². The summed E-state index contributed by atoms with van der Waals surface area (Å²) in [5, 5.41) is 15.7. The number of hydrogen-bond donors (Lipinski definition) is 3. The van der Waals surface area contributed by atoms with E-state index in [1.807, 2.05) is 5.38 Å². The van der Waals surface area contributed by atoms with Crippen molar-refractivity contribution in [3.63, 3.8) is 0 Å². The van der Waals surface area contributed by atoms with E-state index < -0.39 is 12.1 Å². The van der Waals surface area contributed by atoms with E-state index in [4.69, 9.17) is 21.5 Å². The molecule has 2 heterocycles. The molecule has 1 aromatic rings. The van der Waals surface area contributed by atoms with Crippen LogP contribution in [0.15, 0.2) is 11.4 Å². The second kappa shape index (κ2) is 8.35. The maximum atomic E-state index is 11.7. The molecule has 124 valence electrons. The van der Waals surface area contributed by atoms with Crippen molar-refractivity contribution >= 4 is 34.8 Å². The standard InChI is InChI=1S/C10H13ClN2OS.C2HF3O2/c11-8-3-5-15-9(8)10(14)13-6-7-2-1-4-12-7;3-2(4,5)1(6)7/h3,5,7,12H,1-2,4,6H2,(H,13,14);(H,6,7). The number of alkyl halides is 3. The fraction of sp³-hybridized carbons (Fsp3) is 0.500. The fourth-order valence-corrected chi connectivity index (χ4v) is 2.74. The maximum Gasteiger partial charge on any atom is 0.490 e. The first kappa shape index (κ1) is 18.7. The molecule has 1 atom stereocenters. The normalized spacial score (nSPS) is 17.5. The number of carbonyl (C=O) groups is 2. The Bertz CT molecular complexity index is 516. The van der Waals surface area contributed by atoms with Crippen LogP contribution in [0.3, 0.4) is 0 Å². The lowest BCUT2D eigenvalue weighted by Gasteiger charge is -2.10. The third-order valence-electron chi connectivity index (χ3n) is 2.74. The smallest absolute Gasteiger partial charge is 0.475 e. The lowest BCUT2D eigenvalue weighted by molar-refractivity contribution is -0.192. The van der Waals surface area contributed by atoms with Crippen molar-refractivity contribution in [3.05, 3.63) is 21.3 Å². The molecular formula is C12H14ClF3N2O3S. The Morgan fingerprint density at radius 2 is 2.14 bits per heavy atom. The molecule has 5 nitrogen and oxygen atoms in total. The number of carboxylic acids is 1. The summed E-state index contributed by atoms with van der Waals surface area (Å²) in [7, 11) is 0. The highest BCUT2D eigenvalue weighted by molar-refractivity contribution is 7.12. The maximum absolute atomic E-state index is 11.7. The monoisotopic (exact) mass is 358 g/mol. The van der Waals surface area contributed by atoms with Crippen molar-refractivity contribution in [1.29, 1.82) is 0 Å². The fourth-order valence-electron chi connectivity index (χ4n) is 1.68. The number of carboxylic acid groups (broad SMARTS) is 1. The first-order valence-corrected chi connectivity index (χ1v) is 7.52. The quantitative estimate of drug-likeness (QED) is 0.776. The SMILES string of the molecule is O=C(NCC1CCCN1)c1sccc1Cl.O=C(O)C(F)(F)F. The highest BCUT2D eigenvalue weighted by Gasteiger charge is 2.38. The molecule has 3 N–H and O–H groups in total. The number of nitrogens with one attached hydrogen (secondary N) is 2. The van der Waals surface area contributed by atoms with Gasteiger partial charge in [0.15, 0.2) is 0 Å². The van der Waals surface area contributed by atoms with Crippen LogP contribution in [-0.4, -0.2) is 42.3 Å². The van der Waals surface area contributed by atoms with E-state index in [2.05, 4.69) is 10.6 Å². The summed E-state index contributed by atoms with van der Waals surface area (Å²) in [4.78, 5) is 21.2. The largest absolute Gasteiger partial charge is 0.490 e. The molecule has 0 spiro atoms. The van der Waals surface area contributed by atoms with Crippen LogP contribution in [0.2, 0.25) is 5.02 Å². The van der Waals surface area contributed by atoms with E-state index in [0.717, 1.165) is 13.0 Å². The van der Waals surface area contributed by atoms with Crippen molar-refractivity contribution in [1.82, 2.24) is 10.6 Å². The summed E-state index contributed by atoms with van der Waals surface area (Å²) in [6, 6.07) is 2.17. The Hall–Kier alpha value is -1.32. The van der Waals surface area contributed by atoms with Crippen LogP contribution < -0.4 is 10.6 Å². The molecule has 1 aliphatic rings. The summed E-state index contributed by atoms with van der Waals surface area (Å²) < 4.78 is 31.7. The van der Waals surface area contributed by atoms with Gasteiger partial charge in [-0.2, -0.15) is 13.2 Å². The zero-order chi connectivity index (χ0) is 16.8. The zero-order valence-corrected chi connectivity index (χ0v) is 12.8. The molecular weight excluding hydrogens is 345 g/mol. The molecule has 22 heavy (non-hydrogen) atoms. The molecule has 0 saturated carbocycles. The Balaban J connectivity index is 0.000000295. The summed E-state index contributed by atoms with van der Waals surface area (Å²) in [6.45, 7) is 1.74. The number of halogens is 4. The molecule has 0 radical (unpaired) electrons. The average Bonchev–Trinajstić information content (AvgIpc) is 3.06. The van der Waals surface area contributed by atoms with E-state index in [0.29, 0.717) is 22.5 Å². The minimum atomic E-state index is -5.08. The second-order valence-electron chi connectivity index (χ2n) is 4.40. The summed E-state index contributed by atoms with van der Waals surface area (Å²) >= 11 is 7.24. The minimum absolute atomic E-state index is 0.0660. The van der Waals surface area contributed by atoms with Gasteiger partial charge in [0.25, 0.3) is 5.91 Å². The topological polar surface area (TPSA) is 78.4 Å². The first-order chi connectivity index (χ1) is 10.2. The van der Waals surface area contributed by atoms with Crippen LogP contribution in [0.4, 0.5) is 13.2 Å². The molecule has 1 aliphatic heterocycles. The number of carbonyl (C=O) groups excluding carboxylic acids is 1. The molecule has 1 fully saturated rings. The van der Waals surface area contributed by atoms with Crippen LogP contribution in [0.5, 0.6) is 0 Å². The van der Waals surface area contributed by atoms with Crippen LogP contribution in [0.25, 0.3) is 0 Å².